The van der Waals surface area contributed by atoms with E-state index in [-0.39, 0.29) is 12.3 Å². The Morgan fingerprint density at radius 2 is 2.08 bits per heavy atom. The number of carbonyl (C=O) groups excluding carboxylic acids is 1. The molecule has 0 saturated heterocycles. The summed E-state index contributed by atoms with van der Waals surface area (Å²) < 4.78 is 10.3. The Morgan fingerprint density at radius 1 is 1.31 bits per heavy atom. The van der Waals surface area contributed by atoms with Gasteiger partial charge in [0.2, 0.25) is 5.91 Å². The highest BCUT2D eigenvalue weighted by Gasteiger charge is 2.12. The molecule has 26 heavy (non-hydrogen) atoms. The number of methoxy groups -OCH3 is 1. The Bertz CT molecular complexity index is 845. The van der Waals surface area contributed by atoms with Crippen molar-refractivity contribution in [2.75, 3.05) is 13.7 Å². The van der Waals surface area contributed by atoms with Crippen molar-refractivity contribution in [2.24, 2.45) is 5.73 Å². The summed E-state index contributed by atoms with van der Waals surface area (Å²) in [4.78, 5) is 34.4. The van der Waals surface area contributed by atoms with Gasteiger partial charge in [0.1, 0.15) is 17.4 Å². The van der Waals surface area contributed by atoms with E-state index in [0.717, 1.165) is 0 Å². The third-order valence-electron chi connectivity index (χ3n) is 3.97. The number of unbranched alkanes of at least 4 members (excludes halogenated alkanes) is 1. The largest absolute Gasteiger partial charge is 0.497 e. The number of rotatable bonds is 9. The molecule has 8 nitrogen and oxygen atoms in total. The van der Waals surface area contributed by atoms with Gasteiger partial charge in [-0.2, -0.15) is 0 Å². The minimum absolute atomic E-state index is 0.0447. The maximum absolute atomic E-state index is 12.1. The van der Waals surface area contributed by atoms with Gasteiger partial charge in [-0.3, -0.25) is 9.59 Å². The summed E-state index contributed by atoms with van der Waals surface area (Å²) in [6.07, 6.45) is 1.63. The Labute approximate surface area is 149 Å². The average molecular weight is 362 g/mol. The molecule has 1 atom stereocenters. The summed E-state index contributed by atoms with van der Waals surface area (Å²) in [6.45, 7) is 0.415. The predicted octanol–water partition coefficient (Wildman–Crippen LogP) is 1.04. The van der Waals surface area contributed by atoms with Crippen LogP contribution in [0, 0.1) is 0 Å². The fraction of sp³-hybridized carbons (Fsp3) is 0.389. The smallest absolute Gasteiger partial charge is 0.336 e. The van der Waals surface area contributed by atoms with E-state index >= 15 is 0 Å². The Balaban J connectivity index is 1.92. The third kappa shape index (κ3) is 5.32. The van der Waals surface area contributed by atoms with Gasteiger partial charge in [-0.05, 0) is 37.0 Å². The van der Waals surface area contributed by atoms with Crippen LogP contribution in [0.1, 0.15) is 24.8 Å². The molecule has 0 radical (unpaired) electrons. The molecule has 4 N–H and O–H groups in total. The fourth-order valence-electron chi connectivity index (χ4n) is 2.56. The maximum Gasteiger partial charge on any atom is 0.336 e. The minimum atomic E-state index is -1.03. The van der Waals surface area contributed by atoms with Crippen LogP contribution in [0.2, 0.25) is 0 Å². The third-order valence-corrected chi connectivity index (χ3v) is 3.97. The number of nitrogens with one attached hydrogen (secondary N) is 1. The van der Waals surface area contributed by atoms with Gasteiger partial charge in [-0.15, -0.1) is 0 Å². The van der Waals surface area contributed by atoms with Crippen molar-refractivity contribution in [3.05, 3.63) is 40.2 Å². The van der Waals surface area contributed by atoms with Crippen LogP contribution in [0.5, 0.6) is 5.75 Å². The summed E-state index contributed by atoms with van der Waals surface area (Å²) in [6, 6.07) is 5.50. The highest BCUT2D eigenvalue weighted by molar-refractivity contribution is 5.87. The molecule has 2 rings (SSSR count). The summed E-state index contributed by atoms with van der Waals surface area (Å²) in [5, 5.41) is 12.1. The van der Waals surface area contributed by atoms with E-state index in [0.29, 0.717) is 48.1 Å². The molecule has 2 aromatic rings. The lowest BCUT2D eigenvalue weighted by molar-refractivity contribution is -0.138. The van der Waals surface area contributed by atoms with E-state index in [1.807, 2.05) is 0 Å². The van der Waals surface area contributed by atoms with Crippen LogP contribution >= 0.6 is 0 Å². The summed E-state index contributed by atoms with van der Waals surface area (Å²) in [5.74, 6) is -0.697. The van der Waals surface area contributed by atoms with Gasteiger partial charge in [0.25, 0.3) is 0 Å². The molecule has 0 unspecified atom stereocenters. The van der Waals surface area contributed by atoms with Crippen LogP contribution in [-0.4, -0.2) is 36.7 Å². The van der Waals surface area contributed by atoms with Crippen LogP contribution in [0.3, 0.4) is 0 Å². The monoisotopic (exact) mass is 362 g/mol. The molecular formula is C18H22N2O6. The van der Waals surface area contributed by atoms with E-state index in [1.165, 1.54) is 13.2 Å². The molecule has 0 spiro atoms. The number of carboxylic acids is 1. The zero-order chi connectivity index (χ0) is 19.1. The highest BCUT2D eigenvalue weighted by Crippen LogP contribution is 2.22. The van der Waals surface area contributed by atoms with Crippen molar-refractivity contribution in [2.45, 2.75) is 31.7 Å². The molecule has 1 heterocycles. The van der Waals surface area contributed by atoms with E-state index < -0.39 is 17.6 Å². The first-order valence-corrected chi connectivity index (χ1v) is 8.26. The number of ether oxygens (including phenoxy) is 1. The molecule has 0 saturated carbocycles. The second-order valence-electron chi connectivity index (χ2n) is 5.92. The molecule has 1 amide bonds. The van der Waals surface area contributed by atoms with Crippen LogP contribution in [0.25, 0.3) is 11.0 Å². The molecule has 0 aliphatic rings. The number of hydrogen-bond donors (Lipinski definition) is 3. The molecule has 0 aliphatic heterocycles. The van der Waals surface area contributed by atoms with Crippen LogP contribution in [0.15, 0.2) is 33.5 Å². The van der Waals surface area contributed by atoms with Gasteiger partial charge >= 0.3 is 11.6 Å². The molecule has 8 heteroatoms. The Hall–Kier alpha value is -2.87. The summed E-state index contributed by atoms with van der Waals surface area (Å²) in [7, 11) is 1.51. The van der Waals surface area contributed by atoms with Gasteiger partial charge in [-0.1, -0.05) is 0 Å². The predicted molar refractivity (Wildman–Crippen MR) is 95.2 cm³/mol. The Kier molecular flexibility index (Phi) is 6.74. The van der Waals surface area contributed by atoms with E-state index in [4.69, 9.17) is 20.0 Å². The normalized spacial score (nSPS) is 11.9. The lowest BCUT2D eigenvalue weighted by atomic mass is 10.1. The standard InChI is InChI=1S/C18H22N2O6/c1-25-12-5-6-13-11(9-17(22)26-15(13)10-12)8-16(21)20-7-3-2-4-14(19)18(23)24/h5-6,9-10,14H,2-4,7-8,19H2,1H3,(H,20,21)(H,23,24)/t14-/m0/s1. The van der Waals surface area contributed by atoms with Crippen molar-refractivity contribution in [1.82, 2.24) is 5.32 Å². The van der Waals surface area contributed by atoms with Gasteiger partial charge in [0.15, 0.2) is 0 Å². The van der Waals surface area contributed by atoms with Gasteiger partial charge in [-0.25, -0.2) is 4.79 Å². The minimum Gasteiger partial charge on any atom is -0.497 e. The van der Waals surface area contributed by atoms with Gasteiger partial charge in [0, 0.05) is 24.1 Å². The first kappa shape index (κ1) is 19.5. The zero-order valence-corrected chi connectivity index (χ0v) is 14.5. The van der Waals surface area contributed by atoms with Crippen molar-refractivity contribution in [3.8, 4) is 5.75 Å². The summed E-state index contributed by atoms with van der Waals surface area (Å²) in [5.41, 5.74) is 5.82. The van der Waals surface area contributed by atoms with Gasteiger partial charge in [0.05, 0.1) is 13.5 Å². The van der Waals surface area contributed by atoms with E-state index in [9.17, 15) is 14.4 Å². The zero-order valence-electron chi connectivity index (χ0n) is 14.5. The Morgan fingerprint density at radius 3 is 2.77 bits per heavy atom. The molecule has 140 valence electrons. The highest BCUT2D eigenvalue weighted by atomic mass is 16.5. The molecule has 1 aromatic heterocycles. The average Bonchev–Trinajstić information content (AvgIpc) is 2.60. The molecule has 0 fully saturated rings. The first-order chi connectivity index (χ1) is 12.4. The quantitative estimate of drug-likeness (QED) is 0.448. The van der Waals surface area contributed by atoms with Crippen molar-refractivity contribution >= 4 is 22.8 Å². The number of nitrogens with two attached hydrogens (primary N) is 1. The second-order valence-corrected chi connectivity index (χ2v) is 5.92. The van der Waals surface area contributed by atoms with E-state index in [2.05, 4.69) is 5.32 Å². The van der Waals surface area contributed by atoms with Crippen LogP contribution in [0.4, 0.5) is 0 Å². The number of fused-ring (bicyclic) bond motifs is 1. The number of aliphatic carboxylic acids is 1. The molecular weight excluding hydrogens is 340 g/mol. The number of benzene rings is 1. The van der Waals surface area contributed by atoms with Crippen LogP contribution in [-0.2, 0) is 16.0 Å². The van der Waals surface area contributed by atoms with Crippen molar-refractivity contribution < 1.29 is 23.8 Å². The lowest BCUT2D eigenvalue weighted by Gasteiger charge is -2.09. The lowest BCUT2D eigenvalue weighted by Crippen LogP contribution is -2.30. The number of hydrogen-bond acceptors (Lipinski definition) is 6. The number of carboxylic acid groups (broad SMARTS) is 1. The maximum atomic E-state index is 12.1. The molecule has 0 bridgehead atoms. The second kappa shape index (κ2) is 9.00. The fourth-order valence-corrected chi connectivity index (χ4v) is 2.56. The first-order valence-electron chi connectivity index (χ1n) is 8.26. The SMILES string of the molecule is COc1ccc2c(CC(=O)NCCCC[C@H](N)C(=O)O)cc(=O)oc2c1. The topological polar surface area (TPSA) is 132 Å². The van der Waals surface area contributed by atoms with Crippen LogP contribution < -0.4 is 21.4 Å². The summed E-state index contributed by atoms with van der Waals surface area (Å²) >= 11 is 0. The molecule has 1 aromatic carbocycles. The van der Waals surface area contributed by atoms with Gasteiger partial charge < -0.3 is 25.3 Å². The number of carbonyl (C=O) groups is 2. The molecule has 0 aliphatic carbocycles. The number of amides is 1. The van der Waals surface area contributed by atoms with Crippen molar-refractivity contribution in [3.63, 3.8) is 0 Å². The van der Waals surface area contributed by atoms with Crippen molar-refractivity contribution in [1.29, 1.82) is 0 Å². The van der Waals surface area contributed by atoms with E-state index in [1.54, 1.807) is 18.2 Å².